The van der Waals surface area contributed by atoms with Gasteiger partial charge in [-0.05, 0) is 20.8 Å². The zero-order valence-corrected chi connectivity index (χ0v) is 14.8. The monoisotopic (exact) mass is 342 g/mol. The van der Waals surface area contributed by atoms with E-state index in [0.29, 0.717) is 0 Å². The van der Waals surface area contributed by atoms with Gasteiger partial charge in [0.25, 0.3) is 0 Å². The molecule has 1 N–H and O–H groups in total. The van der Waals surface area contributed by atoms with Gasteiger partial charge in [-0.25, -0.2) is 4.98 Å². The highest BCUT2D eigenvalue weighted by molar-refractivity contribution is 5.85. The Morgan fingerprint density at radius 3 is 2.52 bits per heavy atom. The van der Waals surface area contributed by atoms with Crippen LogP contribution in [-0.2, 0) is 13.6 Å². The van der Waals surface area contributed by atoms with E-state index in [2.05, 4.69) is 32.1 Å². The maximum absolute atomic E-state index is 13.4. The van der Waals surface area contributed by atoms with Crippen LogP contribution in [0, 0.1) is 26.7 Å². The lowest BCUT2D eigenvalue weighted by Crippen LogP contribution is -2.21. The standard InChI is InChI=1S/C15H23FN6.ClH/c1-9-13(10(2)21(4)20-9)7-22-6-12(5-16)14(8-22)15-17-11(3)18-19-15;/h12,14H,5-8H2,1-4H3,(H,17,18,19);1H/t12-,14-;/m1./s1. The van der Waals surface area contributed by atoms with Gasteiger partial charge in [0.15, 0.2) is 5.82 Å². The molecule has 6 nitrogen and oxygen atoms in total. The molecular formula is C15H24ClFN6. The molecular weight excluding hydrogens is 319 g/mol. The third kappa shape index (κ3) is 3.40. The van der Waals surface area contributed by atoms with Crippen LogP contribution in [0.2, 0.25) is 0 Å². The summed E-state index contributed by atoms with van der Waals surface area (Å²) in [4.78, 5) is 6.68. The van der Waals surface area contributed by atoms with Crippen LogP contribution in [0.4, 0.5) is 4.39 Å². The van der Waals surface area contributed by atoms with Gasteiger partial charge >= 0.3 is 0 Å². The largest absolute Gasteiger partial charge is 0.298 e. The number of nitrogens with zero attached hydrogens (tertiary/aromatic N) is 5. The molecule has 0 spiro atoms. The summed E-state index contributed by atoms with van der Waals surface area (Å²) in [6.07, 6.45) is 0. The zero-order chi connectivity index (χ0) is 15.9. The number of halogens is 2. The summed E-state index contributed by atoms with van der Waals surface area (Å²) in [7, 11) is 1.96. The second kappa shape index (κ2) is 6.97. The van der Waals surface area contributed by atoms with Crippen molar-refractivity contribution in [2.75, 3.05) is 19.8 Å². The highest BCUT2D eigenvalue weighted by Crippen LogP contribution is 2.32. The third-order valence-corrected chi connectivity index (χ3v) is 4.70. The zero-order valence-electron chi connectivity index (χ0n) is 14.0. The van der Waals surface area contributed by atoms with Crippen molar-refractivity contribution < 1.29 is 4.39 Å². The van der Waals surface area contributed by atoms with E-state index in [9.17, 15) is 4.39 Å². The fourth-order valence-electron chi connectivity index (χ4n) is 3.33. The quantitative estimate of drug-likeness (QED) is 0.924. The first-order valence-electron chi connectivity index (χ1n) is 7.66. The summed E-state index contributed by atoms with van der Waals surface area (Å²) < 4.78 is 15.3. The maximum Gasteiger partial charge on any atom is 0.155 e. The van der Waals surface area contributed by atoms with Crippen LogP contribution in [0.3, 0.4) is 0 Å². The molecule has 0 bridgehead atoms. The van der Waals surface area contributed by atoms with Crippen molar-refractivity contribution in [2.24, 2.45) is 13.0 Å². The van der Waals surface area contributed by atoms with Crippen LogP contribution in [0.25, 0.3) is 0 Å². The van der Waals surface area contributed by atoms with Crippen LogP contribution < -0.4 is 0 Å². The van der Waals surface area contributed by atoms with E-state index in [0.717, 1.165) is 37.0 Å². The Balaban J connectivity index is 0.00000192. The predicted octanol–water partition coefficient (Wildman–Crippen LogP) is 2.07. The summed E-state index contributed by atoms with van der Waals surface area (Å²) in [5.41, 5.74) is 3.47. The molecule has 8 heteroatoms. The summed E-state index contributed by atoms with van der Waals surface area (Å²) in [6.45, 7) is 7.98. The number of rotatable bonds is 4. The number of likely N-dealkylation sites (tertiary alicyclic amines) is 1. The SMILES string of the molecule is Cc1nc([C@@H]2CN(Cc3c(C)nn(C)c3C)C[C@H]2CF)n[nH]1.Cl. The molecule has 0 saturated carbocycles. The Morgan fingerprint density at radius 1 is 1.26 bits per heavy atom. The normalized spacial score (nSPS) is 21.6. The fraction of sp³-hybridized carbons (Fsp3) is 0.667. The topological polar surface area (TPSA) is 62.6 Å². The highest BCUT2D eigenvalue weighted by Gasteiger charge is 2.36. The van der Waals surface area contributed by atoms with Gasteiger partial charge in [-0.3, -0.25) is 19.1 Å². The first kappa shape index (κ1) is 17.9. The van der Waals surface area contributed by atoms with Crippen LogP contribution in [0.1, 0.15) is 34.5 Å². The van der Waals surface area contributed by atoms with E-state index in [1.807, 2.05) is 25.6 Å². The molecule has 2 aromatic heterocycles. The van der Waals surface area contributed by atoms with Gasteiger partial charge in [0.05, 0.1) is 12.4 Å². The third-order valence-electron chi connectivity index (χ3n) is 4.70. The molecule has 1 fully saturated rings. The number of H-pyrrole nitrogens is 1. The molecule has 0 radical (unpaired) electrons. The minimum absolute atomic E-state index is 0. The van der Waals surface area contributed by atoms with E-state index < -0.39 is 0 Å². The van der Waals surface area contributed by atoms with E-state index in [-0.39, 0.29) is 30.9 Å². The average Bonchev–Trinajstić information content (AvgIpc) is 3.14. The number of aryl methyl sites for hydroxylation is 3. The Morgan fingerprint density at radius 2 is 2.00 bits per heavy atom. The van der Waals surface area contributed by atoms with Crippen molar-refractivity contribution in [1.29, 1.82) is 0 Å². The molecule has 1 saturated heterocycles. The smallest absolute Gasteiger partial charge is 0.155 e. The van der Waals surface area contributed by atoms with Crippen molar-refractivity contribution in [1.82, 2.24) is 29.9 Å². The fourth-order valence-corrected chi connectivity index (χ4v) is 3.33. The Labute approximate surface area is 141 Å². The number of hydrogen-bond acceptors (Lipinski definition) is 4. The van der Waals surface area contributed by atoms with Crippen LogP contribution in [0.5, 0.6) is 0 Å². The summed E-state index contributed by atoms with van der Waals surface area (Å²) in [6, 6.07) is 0. The molecule has 0 aromatic carbocycles. The number of aromatic nitrogens is 5. The van der Waals surface area contributed by atoms with Gasteiger partial charge in [-0.15, -0.1) is 12.4 Å². The first-order valence-corrected chi connectivity index (χ1v) is 7.66. The van der Waals surface area contributed by atoms with Gasteiger partial charge < -0.3 is 0 Å². The lowest BCUT2D eigenvalue weighted by atomic mass is 9.97. The van der Waals surface area contributed by atoms with Gasteiger partial charge in [-0.1, -0.05) is 0 Å². The summed E-state index contributed by atoms with van der Waals surface area (Å²) >= 11 is 0. The van der Waals surface area contributed by atoms with Crippen LogP contribution >= 0.6 is 12.4 Å². The van der Waals surface area contributed by atoms with Crippen molar-refractivity contribution >= 4 is 12.4 Å². The maximum atomic E-state index is 13.4. The van der Waals surface area contributed by atoms with Crippen molar-refractivity contribution in [3.05, 3.63) is 28.6 Å². The highest BCUT2D eigenvalue weighted by atomic mass is 35.5. The lowest BCUT2D eigenvalue weighted by molar-refractivity contribution is 0.295. The first-order chi connectivity index (χ1) is 10.5. The minimum Gasteiger partial charge on any atom is -0.298 e. The molecule has 23 heavy (non-hydrogen) atoms. The summed E-state index contributed by atoms with van der Waals surface area (Å²) in [5, 5.41) is 11.6. The average molecular weight is 343 g/mol. The molecule has 1 aliphatic heterocycles. The van der Waals surface area contributed by atoms with Gasteiger partial charge in [0, 0.05) is 49.8 Å². The molecule has 0 unspecified atom stereocenters. The van der Waals surface area contributed by atoms with Gasteiger partial charge in [-0.2, -0.15) is 10.2 Å². The molecule has 3 heterocycles. The molecule has 2 aromatic rings. The van der Waals surface area contributed by atoms with E-state index in [1.54, 1.807) is 0 Å². The molecule has 128 valence electrons. The number of aromatic amines is 1. The van der Waals surface area contributed by atoms with E-state index >= 15 is 0 Å². The number of nitrogens with one attached hydrogen (secondary N) is 1. The van der Waals surface area contributed by atoms with Crippen LogP contribution in [0.15, 0.2) is 0 Å². The molecule has 0 amide bonds. The molecule has 1 aliphatic rings. The van der Waals surface area contributed by atoms with E-state index in [4.69, 9.17) is 0 Å². The lowest BCUT2D eigenvalue weighted by Gasteiger charge is -2.15. The second-order valence-electron chi connectivity index (χ2n) is 6.27. The van der Waals surface area contributed by atoms with Gasteiger partial charge in [0.1, 0.15) is 5.82 Å². The van der Waals surface area contributed by atoms with Crippen molar-refractivity contribution in [3.63, 3.8) is 0 Å². The summed E-state index contributed by atoms with van der Waals surface area (Å²) in [5.74, 6) is 1.55. The number of alkyl halides is 1. The molecule has 3 rings (SSSR count). The van der Waals surface area contributed by atoms with Gasteiger partial charge in [0.2, 0.25) is 0 Å². The van der Waals surface area contributed by atoms with Crippen LogP contribution in [-0.4, -0.2) is 49.6 Å². The Bertz CT molecular complexity index is 667. The van der Waals surface area contributed by atoms with Crippen molar-refractivity contribution in [2.45, 2.75) is 33.2 Å². The molecule has 2 atom stereocenters. The molecule has 0 aliphatic carbocycles. The van der Waals surface area contributed by atoms with E-state index in [1.165, 1.54) is 11.3 Å². The Hall–Kier alpha value is -1.47. The second-order valence-corrected chi connectivity index (χ2v) is 6.27. The number of hydrogen-bond donors (Lipinski definition) is 1. The Kier molecular flexibility index (Phi) is 5.41. The predicted molar refractivity (Wildman–Crippen MR) is 88.5 cm³/mol. The minimum atomic E-state index is -0.334. The van der Waals surface area contributed by atoms with Crippen molar-refractivity contribution in [3.8, 4) is 0 Å².